The van der Waals surface area contributed by atoms with Crippen LogP contribution in [0.2, 0.25) is 0 Å². The van der Waals surface area contributed by atoms with Gasteiger partial charge in [0.05, 0.1) is 32.6 Å². The maximum atomic E-state index is 12.7. The third-order valence-electron chi connectivity index (χ3n) is 3.98. The van der Waals surface area contributed by atoms with E-state index in [1.165, 1.54) is 33.5 Å². The largest absolute Gasteiger partial charge is 0.493 e. The van der Waals surface area contributed by atoms with Crippen molar-refractivity contribution in [2.45, 2.75) is 0 Å². The van der Waals surface area contributed by atoms with Gasteiger partial charge in [-0.25, -0.2) is 0 Å². The Morgan fingerprint density at radius 1 is 1.03 bits per heavy atom. The number of methoxy groups -OCH3 is 3. The highest BCUT2D eigenvalue weighted by atomic mass is 32.1. The van der Waals surface area contributed by atoms with Crippen LogP contribution in [0.25, 0.3) is 0 Å². The Hall–Kier alpha value is -3.59. The zero-order valence-corrected chi connectivity index (χ0v) is 17.7. The molecule has 0 fully saturated rings. The Kier molecular flexibility index (Phi) is 8.18. The quantitative estimate of drug-likeness (QED) is 0.438. The van der Waals surface area contributed by atoms with Crippen LogP contribution in [0, 0.1) is 0 Å². The molecule has 2 aromatic carbocycles. The molecule has 2 amide bonds. The van der Waals surface area contributed by atoms with Gasteiger partial charge in [0.25, 0.3) is 11.8 Å². The number of hydrogen-bond acceptors (Lipinski definition) is 6. The zero-order chi connectivity index (χ0) is 22.1. The molecule has 0 spiro atoms. The number of anilines is 1. The van der Waals surface area contributed by atoms with E-state index in [-0.39, 0.29) is 16.6 Å². The minimum absolute atomic E-state index is 0.0257. The first kappa shape index (κ1) is 22.7. The molecule has 30 heavy (non-hydrogen) atoms. The predicted molar refractivity (Wildman–Crippen MR) is 119 cm³/mol. The standard InChI is InChI=1S/C21H23N3O5S/c1-5-10-22-20(26)14-8-6-7-9-15(14)23-21(30)24-19(25)13-11-16(27-2)18(29-4)17(12-13)28-3/h5-9,11-12H,1,10H2,2-4H3,(H,22,26)(H2,23,24,25,30). The number of rotatable bonds is 8. The molecule has 0 heterocycles. The van der Waals surface area contributed by atoms with Gasteiger partial charge in [0.1, 0.15) is 0 Å². The highest BCUT2D eigenvalue weighted by Crippen LogP contribution is 2.38. The number of thiocarbonyl (C=S) groups is 1. The van der Waals surface area contributed by atoms with Gasteiger partial charge in [-0.05, 0) is 36.5 Å². The van der Waals surface area contributed by atoms with Crippen LogP contribution in [0.5, 0.6) is 17.2 Å². The van der Waals surface area contributed by atoms with E-state index in [1.807, 2.05) is 0 Å². The lowest BCUT2D eigenvalue weighted by atomic mass is 10.1. The number of carbonyl (C=O) groups is 2. The molecule has 0 aliphatic rings. The van der Waals surface area contributed by atoms with E-state index in [4.69, 9.17) is 26.4 Å². The number of hydrogen-bond donors (Lipinski definition) is 3. The molecule has 0 radical (unpaired) electrons. The highest BCUT2D eigenvalue weighted by molar-refractivity contribution is 7.80. The topological polar surface area (TPSA) is 97.9 Å². The van der Waals surface area contributed by atoms with Crippen molar-refractivity contribution < 1.29 is 23.8 Å². The second-order valence-electron chi connectivity index (χ2n) is 5.87. The van der Waals surface area contributed by atoms with Gasteiger partial charge in [-0.15, -0.1) is 6.58 Å². The molecule has 0 unspecified atom stereocenters. The van der Waals surface area contributed by atoms with Crippen LogP contribution in [0.4, 0.5) is 5.69 Å². The minimum Gasteiger partial charge on any atom is -0.493 e. The summed E-state index contributed by atoms with van der Waals surface area (Å²) in [5, 5.41) is 8.17. The van der Waals surface area contributed by atoms with Gasteiger partial charge in [-0.1, -0.05) is 18.2 Å². The van der Waals surface area contributed by atoms with Crippen LogP contribution in [-0.2, 0) is 0 Å². The highest BCUT2D eigenvalue weighted by Gasteiger charge is 2.18. The number of amides is 2. The molecule has 0 bridgehead atoms. The molecular formula is C21H23N3O5S. The van der Waals surface area contributed by atoms with Crippen molar-refractivity contribution in [2.24, 2.45) is 0 Å². The summed E-state index contributed by atoms with van der Waals surface area (Å²) in [6.07, 6.45) is 1.58. The van der Waals surface area contributed by atoms with Gasteiger partial charge in [0, 0.05) is 12.1 Å². The fourth-order valence-corrected chi connectivity index (χ4v) is 2.79. The third kappa shape index (κ3) is 5.48. The maximum absolute atomic E-state index is 12.7. The van der Waals surface area contributed by atoms with Gasteiger partial charge in [0.15, 0.2) is 16.6 Å². The fourth-order valence-electron chi connectivity index (χ4n) is 2.59. The van der Waals surface area contributed by atoms with E-state index in [0.29, 0.717) is 35.0 Å². The maximum Gasteiger partial charge on any atom is 0.257 e. The number of benzene rings is 2. The molecule has 2 rings (SSSR count). The van der Waals surface area contributed by atoms with Crippen LogP contribution >= 0.6 is 12.2 Å². The summed E-state index contributed by atoms with van der Waals surface area (Å²) < 4.78 is 15.8. The number of para-hydroxylation sites is 1. The van der Waals surface area contributed by atoms with E-state index < -0.39 is 5.91 Å². The molecule has 2 aromatic rings. The lowest BCUT2D eigenvalue weighted by molar-refractivity contribution is 0.0956. The van der Waals surface area contributed by atoms with Crippen molar-refractivity contribution in [1.82, 2.24) is 10.6 Å². The molecule has 0 saturated heterocycles. The van der Waals surface area contributed by atoms with Gasteiger partial charge in [0.2, 0.25) is 5.75 Å². The first-order valence-electron chi connectivity index (χ1n) is 8.85. The lowest BCUT2D eigenvalue weighted by Gasteiger charge is -2.15. The Morgan fingerprint density at radius 3 is 2.23 bits per heavy atom. The van der Waals surface area contributed by atoms with E-state index in [2.05, 4.69) is 22.5 Å². The first-order valence-corrected chi connectivity index (χ1v) is 9.26. The normalized spacial score (nSPS) is 9.83. The zero-order valence-electron chi connectivity index (χ0n) is 16.9. The van der Waals surface area contributed by atoms with Crippen LogP contribution in [0.3, 0.4) is 0 Å². The summed E-state index contributed by atoms with van der Waals surface area (Å²) in [7, 11) is 4.39. The smallest absolute Gasteiger partial charge is 0.257 e. The van der Waals surface area contributed by atoms with Crippen LogP contribution in [-0.4, -0.2) is 44.8 Å². The van der Waals surface area contributed by atoms with Crippen molar-refractivity contribution in [3.63, 3.8) is 0 Å². The first-order chi connectivity index (χ1) is 14.4. The molecule has 158 valence electrons. The monoisotopic (exact) mass is 429 g/mol. The van der Waals surface area contributed by atoms with Crippen molar-refractivity contribution in [3.8, 4) is 17.2 Å². The second kappa shape index (κ2) is 10.8. The average Bonchev–Trinajstić information content (AvgIpc) is 2.76. The van der Waals surface area contributed by atoms with Crippen LogP contribution in [0.1, 0.15) is 20.7 Å². The molecular weight excluding hydrogens is 406 g/mol. The Bertz CT molecular complexity index is 936. The third-order valence-corrected chi connectivity index (χ3v) is 4.18. The molecule has 8 nitrogen and oxygen atoms in total. The summed E-state index contributed by atoms with van der Waals surface area (Å²) in [5.74, 6) is 0.268. The summed E-state index contributed by atoms with van der Waals surface area (Å²) in [5.41, 5.74) is 1.09. The van der Waals surface area contributed by atoms with Crippen LogP contribution < -0.4 is 30.2 Å². The summed E-state index contributed by atoms with van der Waals surface area (Å²) in [6.45, 7) is 3.90. The summed E-state index contributed by atoms with van der Waals surface area (Å²) in [6, 6.07) is 9.82. The predicted octanol–water partition coefficient (Wildman–Crippen LogP) is 2.76. The molecule has 0 aliphatic heterocycles. The molecule has 0 aromatic heterocycles. The summed E-state index contributed by atoms with van der Waals surface area (Å²) in [4.78, 5) is 24.9. The van der Waals surface area contributed by atoms with E-state index in [1.54, 1.807) is 30.3 Å². The van der Waals surface area contributed by atoms with Gasteiger partial charge >= 0.3 is 0 Å². The van der Waals surface area contributed by atoms with Gasteiger partial charge < -0.3 is 24.8 Å². The van der Waals surface area contributed by atoms with Crippen molar-refractivity contribution >= 4 is 34.8 Å². The number of nitrogens with one attached hydrogen (secondary N) is 3. The van der Waals surface area contributed by atoms with Crippen LogP contribution in [0.15, 0.2) is 49.1 Å². The Morgan fingerprint density at radius 2 is 1.67 bits per heavy atom. The Balaban J connectivity index is 2.17. The summed E-state index contributed by atoms with van der Waals surface area (Å²) >= 11 is 5.24. The van der Waals surface area contributed by atoms with Crippen molar-refractivity contribution in [1.29, 1.82) is 0 Å². The lowest BCUT2D eigenvalue weighted by Crippen LogP contribution is -2.35. The van der Waals surface area contributed by atoms with Gasteiger partial charge in [-0.2, -0.15) is 0 Å². The molecule has 3 N–H and O–H groups in total. The number of ether oxygens (including phenoxy) is 3. The van der Waals surface area contributed by atoms with Crippen molar-refractivity contribution in [2.75, 3.05) is 33.2 Å². The number of carbonyl (C=O) groups excluding carboxylic acids is 2. The molecule has 9 heteroatoms. The fraction of sp³-hybridized carbons (Fsp3) is 0.190. The van der Waals surface area contributed by atoms with E-state index in [9.17, 15) is 9.59 Å². The molecule has 0 atom stereocenters. The SMILES string of the molecule is C=CCNC(=O)c1ccccc1NC(=S)NC(=O)c1cc(OC)c(OC)c(OC)c1. The minimum atomic E-state index is -0.486. The van der Waals surface area contributed by atoms with Gasteiger partial charge in [-0.3, -0.25) is 14.9 Å². The molecule has 0 aliphatic carbocycles. The Labute approximate surface area is 180 Å². The molecule has 0 saturated carbocycles. The second-order valence-corrected chi connectivity index (χ2v) is 6.27. The van der Waals surface area contributed by atoms with Crippen molar-refractivity contribution in [3.05, 3.63) is 60.2 Å². The van der Waals surface area contributed by atoms with E-state index >= 15 is 0 Å². The average molecular weight is 429 g/mol. The van der Waals surface area contributed by atoms with E-state index in [0.717, 1.165) is 0 Å².